The molecule has 0 aliphatic carbocycles. The molecule has 0 saturated carbocycles. The molecule has 2 aromatic heterocycles. The number of methoxy groups -OCH3 is 3. The highest BCUT2D eigenvalue weighted by Crippen LogP contribution is 2.37. The van der Waals surface area contributed by atoms with Gasteiger partial charge in [0.1, 0.15) is 83.6 Å². The zero-order chi connectivity index (χ0) is 92.9. The minimum atomic E-state index is -1.30. The van der Waals surface area contributed by atoms with Gasteiger partial charge < -0.3 is 64.6 Å². The van der Waals surface area contributed by atoms with Crippen LogP contribution < -0.4 is 31.2 Å². The number of fused-ring (bicyclic) bond motifs is 2. The number of carbonyl (C=O) groups is 12. The fraction of sp³-hybridized carbons (Fsp3) is 0.489. The molecule has 6 aromatic carbocycles. The van der Waals surface area contributed by atoms with E-state index in [2.05, 4.69) is 36.6 Å². The number of ketones is 2. The highest BCUT2D eigenvalue weighted by Gasteiger charge is 2.50. The molecular weight excluding hydrogens is 1630 g/mol. The molecule has 12 atom stereocenters. The standard InChI is InChI=1S/C94H120N14O19/c1-55(103(15)89(119)126-93(9,10)11)81(111)97-79(91(3,4)5)84(114)105-51-69(107-50-68(100-102-107)54-125-72-38-34-62(35-39-72)78(95)88(118)123-19)47-74(105)76(109)45-65(42-58-28-32-60-24-20-22-26-63(60)40-58)83(113)96-73(87(117)122-18)44-57-30-36-71(37-31-57)124-53-67-49-108(101-99-67)70-48-75(77(110)46-66(86(116)121-17)43-59-29-33-61-25-21-23-27-64(61)41-59)106(52-70)85(115)80(92(6,7)8)98-82(112)56(2)104(16)90(120)127-94(12,13)14/h20-41,49-50,55-56,65-66,69-70,73-75,78-80H,42-48,51-54,95H2,1-19H3,(H,96,113)(H,97,111)(H,98,112)/t55-,56-,65?,66+,69-,70-,73-,74-,75-,78-,79+,80+/m0/s1. The average Bonchev–Trinajstić information content (AvgIpc) is 1.64. The van der Waals surface area contributed by atoms with Crippen molar-refractivity contribution in [3.05, 3.63) is 179 Å². The Kier molecular flexibility index (Phi) is 31.3. The van der Waals surface area contributed by atoms with Crippen LogP contribution in [0.1, 0.15) is 174 Å². The summed E-state index contributed by atoms with van der Waals surface area (Å²) in [5.41, 5.74) is 5.68. The van der Waals surface area contributed by atoms with Crippen LogP contribution in [-0.4, -0.2) is 223 Å². The molecule has 5 N–H and O–H groups in total. The number of hydrogen-bond acceptors (Lipinski definition) is 24. The smallest absolute Gasteiger partial charge is 0.410 e. The minimum Gasteiger partial charge on any atom is -0.487 e. The quantitative estimate of drug-likeness (QED) is 0.0215. The third-order valence-corrected chi connectivity index (χ3v) is 22.8. The molecule has 2 aliphatic heterocycles. The van der Waals surface area contributed by atoms with Crippen LogP contribution in [0.5, 0.6) is 11.5 Å². The normalized spacial score (nSPS) is 17.3. The summed E-state index contributed by atoms with van der Waals surface area (Å²) < 4.78 is 41.9. The second-order valence-corrected chi connectivity index (χ2v) is 36.9. The van der Waals surface area contributed by atoms with E-state index < -0.39 is 172 Å². The van der Waals surface area contributed by atoms with Crippen LogP contribution in [0.4, 0.5) is 9.59 Å². The van der Waals surface area contributed by atoms with Gasteiger partial charge >= 0.3 is 30.1 Å². The Morgan fingerprint density at radius 1 is 0.465 bits per heavy atom. The summed E-state index contributed by atoms with van der Waals surface area (Å²) in [6.07, 6.45) is 1.13. The Morgan fingerprint density at radius 2 is 0.850 bits per heavy atom. The molecule has 33 nitrogen and oxygen atoms in total. The lowest BCUT2D eigenvalue weighted by Crippen LogP contribution is -2.59. The molecule has 2 fully saturated rings. The first-order valence-electron chi connectivity index (χ1n) is 42.5. The zero-order valence-electron chi connectivity index (χ0n) is 75.9. The van der Waals surface area contributed by atoms with Crippen molar-refractivity contribution >= 4 is 92.7 Å². The molecule has 0 radical (unpaired) electrons. The Hall–Kier alpha value is -12.7. The second kappa shape index (κ2) is 41.2. The first-order chi connectivity index (χ1) is 59.8. The third-order valence-electron chi connectivity index (χ3n) is 22.8. The molecule has 680 valence electrons. The molecule has 2 aliphatic rings. The number of carbonyl (C=O) groups excluding carboxylic acids is 12. The van der Waals surface area contributed by atoms with Crippen molar-refractivity contribution in [1.29, 1.82) is 0 Å². The van der Waals surface area contributed by atoms with E-state index in [4.69, 9.17) is 38.9 Å². The number of ether oxygens (including phenoxy) is 7. The van der Waals surface area contributed by atoms with E-state index in [9.17, 15) is 33.6 Å². The van der Waals surface area contributed by atoms with Crippen LogP contribution in [0.25, 0.3) is 21.5 Å². The van der Waals surface area contributed by atoms with Crippen molar-refractivity contribution in [2.75, 3.05) is 48.5 Å². The van der Waals surface area contributed by atoms with E-state index in [1.165, 1.54) is 63.8 Å². The maximum absolute atomic E-state index is 15.7. The number of rotatable bonds is 34. The number of nitrogens with two attached hydrogens (primary N) is 1. The average molecular weight is 1750 g/mol. The third kappa shape index (κ3) is 25.4. The number of esters is 3. The highest BCUT2D eigenvalue weighted by molar-refractivity contribution is 5.99. The van der Waals surface area contributed by atoms with Crippen LogP contribution in [0, 0.1) is 22.7 Å². The Bertz CT molecular complexity index is 5300. The summed E-state index contributed by atoms with van der Waals surface area (Å²) in [4.78, 5) is 177. The van der Waals surface area contributed by atoms with Gasteiger partial charge in [0.25, 0.3) is 0 Å². The summed E-state index contributed by atoms with van der Waals surface area (Å²) in [7, 11) is 6.53. The lowest BCUT2D eigenvalue weighted by molar-refractivity contribution is -0.148. The maximum atomic E-state index is 15.7. The van der Waals surface area contributed by atoms with E-state index in [1.807, 2.05) is 84.9 Å². The van der Waals surface area contributed by atoms with Gasteiger partial charge in [-0.25, -0.2) is 23.7 Å². The van der Waals surface area contributed by atoms with Crippen molar-refractivity contribution in [3.63, 3.8) is 0 Å². The predicted octanol–water partition coefficient (Wildman–Crippen LogP) is 10.1. The molecule has 0 spiro atoms. The molecule has 127 heavy (non-hydrogen) atoms. The number of hydrogen-bond donors (Lipinski definition) is 4. The van der Waals surface area contributed by atoms with Crippen molar-refractivity contribution < 1.29 is 90.7 Å². The molecular formula is C94H120N14O19. The number of Topliss-reactive ketones (excluding diaryl/α,β-unsaturated/α-hetero) is 2. The van der Waals surface area contributed by atoms with E-state index in [0.29, 0.717) is 39.6 Å². The topological polar surface area (TPSA) is 406 Å². The van der Waals surface area contributed by atoms with Crippen molar-refractivity contribution in [3.8, 4) is 11.5 Å². The van der Waals surface area contributed by atoms with Crippen LogP contribution in [0.3, 0.4) is 0 Å². The molecule has 10 rings (SSSR count). The van der Waals surface area contributed by atoms with E-state index >= 15 is 24.0 Å². The molecule has 2 saturated heterocycles. The van der Waals surface area contributed by atoms with Gasteiger partial charge in [-0.1, -0.05) is 161 Å². The first kappa shape index (κ1) is 96.5. The highest BCUT2D eigenvalue weighted by atomic mass is 16.6. The van der Waals surface area contributed by atoms with Crippen LogP contribution in [-0.2, 0) is 104 Å². The summed E-state index contributed by atoms with van der Waals surface area (Å²) in [6, 6.07) is 29.5. The number of nitrogens with one attached hydrogen (secondary N) is 3. The van der Waals surface area contributed by atoms with Gasteiger partial charge in [-0.3, -0.25) is 53.0 Å². The Balaban J connectivity index is 0.867. The summed E-state index contributed by atoms with van der Waals surface area (Å²) in [6.45, 7) is 23.4. The predicted molar refractivity (Wildman–Crippen MR) is 470 cm³/mol. The van der Waals surface area contributed by atoms with Gasteiger partial charge in [0.15, 0.2) is 11.6 Å². The van der Waals surface area contributed by atoms with Crippen LogP contribution >= 0.6 is 0 Å². The molecule has 33 heteroatoms. The largest absolute Gasteiger partial charge is 0.487 e. The summed E-state index contributed by atoms with van der Waals surface area (Å²) in [5, 5.41) is 30.1. The first-order valence-corrected chi connectivity index (χ1v) is 42.5. The number of likely N-dealkylation sites (tertiary alicyclic amines) is 2. The fourth-order valence-corrected chi connectivity index (χ4v) is 15.4. The van der Waals surface area contributed by atoms with Gasteiger partial charge in [-0.05, 0) is 160 Å². The number of likely N-dealkylation sites (N-methyl/N-ethyl adjacent to an activating group) is 2. The number of benzene rings is 6. The van der Waals surface area contributed by atoms with Crippen molar-refractivity contribution in [1.82, 2.24) is 65.5 Å². The Morgan fingerprint density at radius 3 is 1.25 bits per heavy atom. The molecule has 1 unspecified atom stereocenters. The fourth-order valence-electron chi connectivity index (χ4n) is 15.4. The summed E-state index contributed by atoms with van der Waals surface area (Å²) in [5.74, 6) is -7.43. The van der Waals surface area contributed by atoms with Gasteiger partial charge in [-0.15, -0.1) is 10.2 Å². The van der Waals surface area contributed by atoms with E-state index in [-0.39, 0.29) is 64.8 Å². The number of amides is 7. The molecule has 4 heterocycles. The number of aromatic nitrogens is 6. The van der Waals surface area contributed by atoms with Gasteiger partial charge in [0.2, 0.25) is 29.5 Å². The molecule has 0 bridgehead atoms. The van der Waals surface area contributed by atoms with E-state index in [1.54, 1.807) is 149 Å². The monoisotopic (exact) mass is 1750 g/mol. The van der Waals surface area contributed by atoms with Gasteiger partial charge in [0, 0.05) is 52.4 Å². The van der Waals surface area contributed by atoms with Crippen molar-refractivity contribution in [2.45, 2.75) is 227 Å². The second-order valence-electron chi connectivity index (χ2n) is 36.9. The SMILES string of the molecule is COC(=O)[C@@H](CC(=O)[C@@H]1C[C@H](n2cc(COc3ccc(C[C@H](NC(=O)C(CC(=O)[C@@H]4C[C@H](n5cc(COc6ccc([C@H](N)C(=O)OC)cc6)nn5)CN4C(=O)[C@@H](NC(=O)[C@H](C)N(C)C(=O)OC(C)(C)C)C(C)(C)C)Cc4ccc5ccccc5c4)C(=O)OC)cc3)nn2)CN1C(=O)[C@@H](NC(=O)[C@H](C)N(C)C(=O)OC(C)(C)C)C(C)(C)C)Cc1ccc2ccccc2c1. The molecule has 8 aromatic rings. The number of nitrogens with zero attached hydrogens (tertiary/aromatic N) is 10. The van der Waals surface area contributed by atoms with Crippen molar-refractivity contribution in [2.24, 2.45) is 28.4 Å². The lowest BCUT2D eigenvalue weighted by Gasteiger charge is -2.37. The van der Waals surface area contributed by atoms with Gasteiger partial charge in [-0.2, -0.15) is 0 Å². The maximum Gasteiger partial charge on any atom is 0.410 e. The zero-order valence-corrected chi connectivity index (χ0v) is 75.9. The Labute approximate surface area is 740 Å². The van der Waals surface area contributed by atoms with E-state index in [0.717, 1.165) is 36.9 Å². The minimum absolute atomic E-state index is 0.000317. The lowest BCUT2D eigenvalue weighted by atomic mass is 9.85. The molecule has 7 amide bonds. The summed E-state index contributed by atoms with van der Waals surface area (Å²) >= 11 is 0. The van der Waals surface area contributed by atoms with Crippen LogP contribution in [0.2, 0.25) is 0 Å². The van der Waals surface area contributed by atoms with Crippen LogP contribution in [0.15, 0.2) is 146 Å². The van der Waals surface area contributed by atoms with Gasteiger partial charge in [0.05, 0.1) is 63.8 Å².